The summed E-state index contributed by atoms with van der Waals surface area (Å²) in [4.78, 5) is 77.8. The summed E-state index contributed by atoms with van der Waals surface area (Å²) in [5, 5.41) is 0. The fraction of sp³-hybridized carbons (Fsp3) is 0.455. The SMILES string of the molecule is CCCCCCCC(=O)OCI.CCCCCCCC(=O)OCn1c(N(C)C2CCN(c3nc4ccccc4n3Cc3ccc(F)cc3)CC2)nccc1=O.CN(c1nccc(=O)[nH]1)C1CCN(c2nc3ccccc3n2Cc2ccc(F)cc2)CC1. The maximum Gasteiger partial charge on any atom is 0.307 e. The number of nitrogens with zero attached hydrogens (tertiary/aromatic N) is 11. The number of halogens is 3. The number of imidazole rings is 2. The van der Waals surface area contributed by atoms with Gasteiger partial charge in [0.2, 0.25) is 23.8 Å². The van der Waals surface area contributed by atoms with Gasteiger partial charge in [-0.05, 0) is 121 Å². The molecule has 0 amide bonds. The summed E-state index contributed by atoms with van der Waals surface area (Å²) in [6.07, 6.45) is 18.7. The van der Waals surface area contributed by atoms with Crippen LogP contribution in [0.1, 0.15) is 128 Å². The van der Waals surface area contributed by atoms with Crippen LogP contribution in [0.5, 0.6) is 0 Å². The number of hydrogen-bond donors (Lipinski definition) is 1. The number of ether oxygens (including phenoxy) is 2. The van der Waals surface area contributed by atoms with Gasteiger partial charge >= 0.3 is 11.9 Å². The van der Waals surface area contributed by atoms with Gasteiger partial charge < -0.3 is 38.2 Å². The molecule has 6 heterocycles. The van der Waals surface area contributed by atoms with E-state index >= 15 is 0 Å². The van der Waals surface area contributed by atoms with E-state index < -0.39 is 0 Å². The number of rotatable bonds is 25. The molecule has 4 aromatic carbocycles. The molecule has 0 bridgehead atoms. The molecule has 10 rings (SSSR count). The molecule has 0 radical (unpaired) electrons. The maximum atomic E-state index is 13.5. The number of carbonyl (C=O) groups is 2. The minimum absolute atomic E-state index is 0.0547. The van der Waals surface area contributed by atoms with E-state index in [4.69, 9.17) is 19.4 Å². The van der Waals surface area contributed by atoms with Crippen LogP contribution in [0.15, 0.2) is 131 Å². The lowest BCUT2D eigenvalue weighted by atomic mass is 10.0. The van der Waals surface area contributed by atoms with Gasteiger partial charge in [0.15, 0.2) is 6.73 Å². The van der Waals surface area contributed by atoms with Crippen molar-refractivity contribution in [1.82, 2.24) is 38.6 Å². The summed E-state index contributed by atoms with van der Waals surface area (Å²) in [6, 6.07) is 32.7. The van der Waals surface area contributed by atoms with E-state index in [0.717, 1.165) is 135 Å². The van der Waals surface area contributed by atoms with Crippen molar-refractivity contribution in [2.75, 3.05) is 64.5 Å². The molecular weight excluding hydrogens is 1220 g/mol. The van der Waals surface area contributed by atoms with Crippen LogP contribution >= 0.6 is 22.6 Å². The van der Waals surface area contributed by atoms with Crippen LogP contribution in [-0.4, -0.2) is 108 Å². The van der Waals surface area contributed by atoms with Crippen LogP contribution < -0.4 is 30.7 Å². The van der Waals surface area contributed by atoms with Gasteiger partial charge in [0.1, 0.15) is 16.2 Å². The van der Waals surface area contributed by atoms with Crippen molar-refractivity contribution in [3.8, 4) is 0 Å². The van der Waals surface area contributed by atoms with Crippen molar-refractivity contribution in [2.24, 2.45) is 0 Å². The van der Waals surface area contributed by atoms with Crippen LogP contribution in [0.3, 0.4) is 0 Å². The first-order valence-corrected chi connectivity index (χ1v) is 32.2. The number of esters is 2. The highest BCUT2D eigenvalue weighted by Crippen LogP contribution is 2.31. The molecule has 2 aliphatic rings. The first-order chi connectivity index (χ1) is 42.3. The number of piperidine rings is 2. The number of aromatic amines is 1. The zero-order valence-electron chi connectivity index (χ0n) is 50.7. The number of aromatic nitrogens is 8. The molecule has 21 heteroatoms. The number of H-pyrrole nitrogens is 1. The van der Waals surface area contributed by atoms with Crippen molar-refractivity contribution < 1.29 is 27.8 Å². The molecule has 0 aliphatic carbocycles. The maximum absolute atomic E-state index is 13.5. The first kappa shape index (κ1) is 65.3. The van der Waals surface area contributed by atoms with Gasteiger partial charge in [-0.1, -0.05) is 114 Å². The van der Waals surface area contributed by atoms with Gasteiger partial charge in [0.05, 0.1) is 35.2 Å². The summed E-state index contributed by atoms with van der Waals surface area (Å²) < 4.78 is 43.5. The molecule has 1 N–H and O–H groups in total. The Morgan fingerprint density at radius 2 is 1.03 bits per heavy atom. The average molecular weight is 1310 g/mol. The quantitative estimate of drug-likeness (QED) is 0.0247. The van der Waals surface area contributed by atoms with E-state index in [1.807, 2.05) is 102 Å². The summed E-state index contributed by atoms with van der Waals surface area (Å²) in [5.74, 6) is 2.08. The van der Waals surface area contributed by atoms with Crippen molar-refractivity contribution in [3.63, 3.8) is 0 Å². The van der Waals surface area contributed by atoms with Crippen LogP contribution in [0.2, 0.25) is 0 Å². The van der Waals surface area contributed by atoms with Crippen molar-refractivity contribution in [1.29, 1.82) is 0 Å². The lowest BCUT2D eigenvalue weighted by Gasteiger charge is -2.38. The molecule has 18 nitrogen and oxygen atoms in total. The summed E-state index contributed by atoms with van der Waals surface area (Å²) in [5.41, 5.74) is 5.62. The second-order valence-electron chi connectivity index (χ2n) is 22.3. The number of anilines is 4. The zero-order valence-corrected chi connectivity index (χ0v) is 52.8. The predicted octanol–water partition coefficient (Wildman–Crippen LogP) is 12.4. The van der Waals surface area contributed by atoms with Gasteiger partial charge in [-0.15, -0.1) is 0 Å². The van der Waals surface area contributed by atoms with Crippen LogP contribution in [0.4, 0.5) is 32.6 Å². The molecule has 2 saturated heterocycles. The number of para-hydroxylation sites is 4. The zero-order chi connectivity index (χ0) is 61.5. The Morgan fingerprint density at radius 1 is 0.575 bits per heavy atom. The third-order valence-electron chi connectivity index (χ3n) is 16.1. The Morgan fingerprint density at radius 3 is 1.52 bits per heavy atom. The summed E-state index contributed by atoms with van der Waals surface area (Å²) in [7, 11) is 3.92. The number of alkyl halides is 1. The standard InChI is InChI=1S/C33H41FN6O3.C24H25FN6O.C9H17IO2/c1-3-4-5-6-7-12-31(42)43-24-40-30(41)17-20-35-32(40)37(2)27-18-21-38(22-19-27)33-36-28-10-8-9-11-29(28)39(33)23-25-13-15-26(34)16-14-25;1-29(23-26-13-10-22(32)28-23)19-11-14-30(15-12-19)24-27-20-4-2-3-5-21(20)31(24)16-17-6-8-18(25)9-7-17;1-2-3-4-5-6-7-9(11)12-8-10/h8-11,13-17,20,27H,3-7,12,18-19,21-24H2,1-2H3;2-10,13,19H,11-12,14-16H2,1H3,(H,26,28,32);2-8H2,1H3. The molecule has 4 aromatic heterocycles. The van der Waals surface area contributed by atoms with E-state index in [9.17, 15) is 28.0 Å². The molecule has 2 fully saturated rings. The Bertz CT molecular complexity index is 3540. The Balaban J connectivity index is 0.000000195. The molecule has 464 valence electrons. The van der Waals surface area contributed by atoms with Crippen molar-refractivity contribution in [3.05, 3.63) is 165 Å². The minimum Gasteiger partial charge on any atom is -0.455 e. The first-order valence-electron chi connectivity index (χ1n) is 30.7. The highest BCUT2D eigenvalue weighted by Gasteiger charge is 2.30. The molecule has 2 aliphatic heterocycles. The van der Waals surface area contributed by atoms with Crippen LogP contribution in [0, 0.1) is 11.6 Å². The van der Waals surface area contributed by atoms with E-state index in [0.29, 0.717) is 42.4 Å². The van der Waals surface area contributed by atoms with E-state index in [1.165, 1.54) is 79.0 Å². The lowest BCUT2D eigenvalue weighted by molar-refractivity contribution is -0.147. The highest BCUT2D eigenvalue weighted by atomic mass is 127. The molecule has 87 heavy (non-hydrogen) atoms. The fourth-order valence-corrected chi connectivity index (χ4v) is 11.5. The number of benzene rings is 4. The van der Waals surface area contributed by atoms with Crippen LogP contribution in [0.25, 0.3) is 22.1 Å². The van der Waals surface area contributed by atoms with Gasteiger partial charge in [-0.3, -0.25) is 24.2 Å². The van der Waals surface area contributed by atoms with Gasteiger partial charge in [0.25, 0.3) is 11.1 Å². The Labute approximate surface area is 522 Å². The average Bonchev–Trinajstić information content (AvgIpc) is 2.12. The number of fused-ring (bicyclic) bond motifs is 2. The molecule has 8 aromatic rings. The largest absolute Gasteiger partial charge is 0.455 e. The van der Waals surface area contributed by atoms with Crippen molar-refractivity contribution in [2.45, 2.75) is 148 Å². The van der Waals surface area contributed by atoms with E-state index in [-0.39, 0.29) is 53.5 Å². The Hall–Kier alpha value is -7.69. The lowest BCUT2D eigenvalue weighted by Crippen LogP contribution is -2.46. The summed E-state index contributed by atoms with van der Waals surface area (Å²) >= 11 is 2.03. The minimum atomic E-state index is -0.294. The second kappa shape index (κ2) is 33.4. The number of carbonyl (C=O) groups excluding carboxylic acids is 2. The Kier molecular flexibility index (Phi) is 25.1. The fourth-order valence-electron chi connectivity index (χ4n) is 11.2. The highest BCUT2D eigenvalue weighted by molar-refractivity contribution is 14.1. The van der Waals surface area contributed by atoms with Gasteiger partial charge in [-0.25, -0.2) is 33.3 Å². The van der Waals surface area contributed by atoms with E-state index in [2.05, 4.69) is 64.8 Å². The number of unbranched alkanes of at least 4 members (excludes halogenated alkanes) is 8. The van der Waals surface area contributed by atoms with Gasteiger partial charge in [0, 0.05) is 89.7 Å². The molecule has 0 atom stereocenters. The number of hydrogen-bond acceptors (Lipinski definition) is 14. The molecule has 0 saturated carbocycles. The van der Waals surface area contributed by atoms with Crippen LogP contribution in [-0.2, 0) is 38.9 Å². The molecule has 0 spiro atoms. The number of nitrogens with one attached hydrogen (secondary N) is 1. The third-order valence-corrected chi connectivity index (χ3v) is 16.4. The van der Waals surface area contributed by atoms with Gasteiger partial charge in [-0.2, -0.15) is 0 Å². The third kappa shape index (κ3) is 18.7. The normalized spacial score (nSPS) is 13.6. The second-order valence-corrected chi connectivity index (χ2v) is 22.9. The summed E-state index contributed by atoms with van der Waals surface area (Å²) in [6.45, 7) is 8.65. The van der Waals surface area contributed by atoms with E-state index in [1.54, 1.807) is 0 Å². The monoisotopic (exact) mass is 1300 g/mol. The molecule has 0 unspecified atom stereocenters. The molecular formula is C66H83F2IN12O6. The topological polar surface area (TPSA) is 182 Å². The smallest absolute Gasteiger partial charge is 0.307 e. The van der Waals surface area contributed by atoms with Crippen molar-refractivity contribution >= 4 is 80.4 Å². The predicted molar refractivity (Wildman–Crippen MR) is 349 cm³/mol.